The molecule has 2 N–H and O–H groups in total. The number of fused-ring (bicyclic) bond motifs is 1. The Morgan fingerprint density at radius 3 is 2.71 bits per heavy atom. The monoisotopic (exact) mass is 288 g/mol. The molecule has 1 unspecified atom stereocenters. The number of hydrogen-bond donors (Lipinski definition) is 2. The van der Waals surface area contributed by atoms with E-state index in [-0.39, 0.29) is 6.61 Å². The van der Waals surface area contributed by atoms with E-state index in [0.717, 1.165) is 0 Å². The van der Waals surface area contributed by atoms with E-state index in [1.54, 1.807) is 36.4 Å². The molecule has 1 aliphatic heterocycles. The second-order valence-corrected chi connectivity index (χ2v) is 4.23. The van der Waals surface area contributed by atoms with Crippen LogP contribution in [0.5, 0.6) is 11.5 Å². The van der Waals surface area contributed by atoms with Crippen LogP contribution in [-0.4, -0.2) is 24.5 Å². The molecule has 1 heterocycles. The summed E-state index contributed by atoms with van der Waals surface area (Å²) in [6.45, 7) is 1.93. The van der Waals surface area contributed by atoms with Crippen LogP contribution in [0.25, 0.3) is 0 Å². The van der Waals surface area contributed by atoms with Gasteiger partial charge in [-0.3, -0.25) is 20.4 Å². The molecule has 6 heteroatoms. The summed E-state index contributed by atoms with van der Waals surface area (Å²) >= 11 is 0. The average molecular weight is 288 g/mol. The number of carbonyl (C=O) groups excluding carboxylic acids is 2. The standard InChI is InChI=1S/C15H16N2O4/c1-2-3-4-9-14(18)16-17-15(19)13-10-20-11-7-5-6-8-12(11)21-13/h2-9,13H,10H2,1H3,(H,16,18)(H,17,19)/b3-2+,9-4+. The van der Waals surface area contributed by atoms with Gasteiger partial charge in [0.15, 0.2) is 11.5 Å². The van der Waals surface area contributed by atoms with Crippen molar-refractivity contribution in [1.29, 1.82) is 0 Å². The third-order valence-corrected chi connectivity index (χ3v) is 2.66. The molecule has 1 aromatic rings. The van der Waals surface area contributed by atoms with Gasteiger partial charge in [-0.1, -0.05) is 30.4 Å². The Morgan fingerprint density at radius 2 is 1.95 bits per heavy atom. The highest BCUT2D eigenvalue weighted by atomic mass is 16.6. The lowest BCUT2D eigenvalue weighted by Gasteiger charge is -2.25. The number of carbonyl (C=O) groups is 2. The molecule has 0 aromatic heterocycles. The minimum absolute atomic E-state index is 0.0904. The molecule has 1 atom stereocenters. The van der Waals surface area contributed by atoms with Crippen molar-refractivity contribution in [2.75, 3.05) is 6.61 Å². The van der Waals surface area contributed by atoms with Crippen molar-refractivity contribution in [3.63, 3.8) is 0 Å². The van der Waals surface area contributed by atoms with Gasteiger partial charge in [-0.2, -0.15) is 0 Å². The van der Waals surface area contributed by atoms with Crippen molar-refractivity contribution >= 4 is 11.8 Å². The van der Waals surface area contributed by atoms with Crippen LogP contribution in [0.2, 0.25) is 0 Å². The van der Waals surface area contributed by atoms with Crippen molar-refractivity contribution < 1.29 is 19.1 Å². The molecular formula is C15H16N2O4. The number of hydrogen-bond acceptors (Lipinski definition) is 4. The SMILES string of the molecule is C/C=C/C=C/C(=O)NNC(=O)C1COc2ccccc2O1. The summed E-state index contributed by atoms with van der Waals surface area (Å²) in [6, 6.07) is 7.08. The maximum absolute atomic E-state index is 11.9. The van der Waals surface area contributed by atoms with E-state index >= 15 is 0 Å². The maximum Gasteiger partial charge on any atom is 0.283 e. The fourth-order valence-corrected chi connectivity index (χ4v) is 1.65. The van der Waals surface area contributed by atoms with Crippen molar-refractivity contribution in [1.82, 2.24) is 10.9 Å². The van der Waals surface area contributed by atoms with E-state index in [2.05, 4.69) is 10.9 Å². The molecule has 0 spiro atoms. The summed E-state index contributed by atoms with van der Waals surface area (Å²) in [5.41, 5.74) is 4.56. The van der Waals surface area contributed by atoms with Crippen LogP contribution < -0.4 is 20.3 Å². The molecule has 1 aliphatic rings. The summed E-state index contributed by atoms with van der Waals surface area (Å²) in [5.74, 6) is 0.193. The van der Waals surface area contributed by atoms with Crippen LogP contribution in [0.15, 0.2) is 48.6 Å². The first-order chi connectivity index (χ1) is 10.2. The number of benzene rings is 1. The lowest BCUT2D eigenvalue weighted by Crippen LogP contribution is -2.50. The van der Waals surface area contributed by atoms with Gasteiger partial charge in [-0.05, 0) is 19.1 Å². The van der Waals surface area contributed by atoms with Gasteiger partial charge in [0.2, 0.25) is 6.10 Å². The zero-order valence-electron chi connectivity index (χ0n) is 11.5. The predicted molar refractivity (Wildman–Crippen MR) is 76.6 cm³/mol. The van der Waals surface area contributed by atoms with E-state index in [4.69, 9.17) is 9.47 Å². The van der Waals surface area contributed by atoms with E-state index in [1.807, 2.05) is 13.0 Å². The van der Waals surface area contributed by atoms with Gasteiger partial charge in [-0.25, -0.2) is 0 Å². The highest BCUT2D eigenvalue weighted by Crippen LogP contribution is 2.30. The van der Waals surface area contributed by atoms with Crippen LogP contribution in [-0.2, 0) is 9.59 Å². The van der Waals surface area contributed by atoms with Gasteiger partial charge in [0.05, 0.1) is 0 Å². The van der Waals surface area contributed by atoms with Gasteiger partial charge in [0.1, 0.15) is 6.61 Å². The molecule has 0 aliphatic carbocycles. The van der Waals surface area contributed by atoms with Crippen LogP contribution in [0.4, 0.5) is 0 Å². The minimum atomic E-state index is -0.806. The Morgan fingerprint density at radius 1 is 1.19 bits per heavy atom. The molecule has 0 bridgehead atoms. The quantitative estimate of drug-likeness (QED) is 0.496. The fourth-order valence-electron chi connectivity index (χ4n) is 1.65. The number of amides is 2. The summed E-state index contributed by atoms with van der Waals surface area (Å²) in [5, 5.41) is 0. The minimum Gasteiger partial charge on any atom is -0.485 e. The predicted octanol–water partition coefficient (Wildman–Crippen LogP) is 1.11. The molecular weight excluding hydrogens is 272 g/mol. The summed E-state index contributed by atoms with van der Waals surface area (Å²) in [6.07, 6.45) is 5.55. The first kappa shape index (κ1) is 14.6. The molecule has 6 nitrogen and oxygen atoms in total. The van der Waals surface area contributed by atoms with Gasteiger partial charge in [0.25, 0.3) is 11.8 Å². The Kier molecular flexibility index (Phi) is 4.98. The topological polar surface area (TPSA) is 76.7 Å². The average Bonchev–Trinajstić information content (AvgIpc) is 2.52. The number of ether oxygens (including phenoxy) is 2. The summed E-state index contributed by atoms with van der Waals surface area (Å²) < 4.78 is 10.9. The van der Waals surface area contributed by atoms with Crippen molar-refractivity contribution in [2.45, 2.75) is 13.0 Å². The normalized spacial score (nSPS) is 16.9. The zero-order valence-corrected chi connectivity index (χ0v) is 11.5. The van der Waals surface area contributed by atoms with E-state index in [1.165, 1.54) is 6.08 Å². The van der Waals surface area contributed by atoms with Crippen LogP contribution in [0.3, 0.4) is 0 Å². The Balaban J connectivity index is 1.84. The van der Waals surface area contributed by atoms with Crippen molar-refractivity contribution in [3.05, 3.63) is 48.6 Å². The summed E-state index contributed by atoms with van der Waals surface area (Å²) in [4.78, 5) is 23.3. The highest BCUT2D eigenvalue weighted by Gasteiger charge is 2.27. The number of para-hydroxylation sites is 2. The smallest absolute Gasteiger partial charge is 0.283 e. The second-order valence-electron chi connectivity index (χ2n) is 4.23. The van der Waals surface area contributed by atoms with E-state index in [9.17, 15) is 9.59 Å². The van der Waals surface area contributed by atoms with Gasteiger partial charge < -0.3 is 9.47 Å². The van der Waals surface area contributed by atoms with Crippen LogP contribution >= 0.6 is 0 Å². The Labute approximate surface area is 122 Å². The molecule has 110 valence electrons. The van der Waals surface area contributed by atoms with E-state index < -0.39 is 17.9 Å². The Bertz CT molecular complexity index is 581. The van der Waals surface area contributed by atoms with Crippen molar-refractivity contribution in [2.24, 2.45) is 0 Å². The molecule has 0 radical (unpaired) electrons. The number of rotatable bonds is 3. The molecule has 21 heavy (non-hydrogen) atoms. The molecule has 2 rings (SSSR count). The van der Waals surface area contributed by atoms with Crippen LogP contribution in [0.1, 0.15) is 6.92 Å². The zero-order chi connectivity index (χ0) is 15.1. The molecule has 2 amide bonds. The first-order valence-electron chi connectivity index (χ1n) is 6.48. The van der Waals surface area contributed by atoms with Crippen LogP contribution in [0, 0.1) is 0 Å². The lowest BCUT2D eigenvalue weighted by molar-refractivity contribution is -0.134. The molecule has 0 fully saturated rings. The lowest BCUT2D eigenvalue weighted by atomic mass is 10.2. The van der Waals surface area contributed by atoms with Crippen molar-refractivity contribution in [3.8, 4) is 11.5 Å². The molecule has 0 saturated heterocycles. The third-order valence-electron chi connectivity index (χ3n) is 2.66. The van der Waals surface area contributed by atoms with Gasteiger partial charge in [-0.15, -0.1) is 0 Å². The molecule has 0 saturated carbocycles. The maximum atomic E-state index is 11.9. The fraction of sp³-hybridized carbons (Fsp3) is 0.200. The number of hydrazine groups is 1. The third kappa shape index (κ3) is 4.10. The first-order valence-corrected chi connectivity index (χ1v) is 6.48. The van der Waals surface area contributed by atoms with Gasteiger partial charge >= 0.3 is 0 Å². The second kappa shape index (κ2) is 7.14. The van der Waals surface area contributed by atoms with E-state index in [0.29, 0.717) is 11.5 Å². The Hall–Kier alpha value is -2.76. The molecule has 1 aromatic carbocycles. The highest BCUT2D eigenvalue weighted by molar-refractivity contribution is 5.90. The van der Waals surface area contributed by atoms with Gasteiger partial charge in [0, 0.05) is 6.08 Å². The number of nitrogens with one attached hydrogen (secondary N) is 2. The number of allylic oxidation sites excluding steroid dienone is 3. The largest absolute Gasteiger partial charge is 0.485 e. The summed E-state index contributed by atoms with van der Waals surface area (Å²) in [7, 11) is 0.